The average molecular weight is 420 g/mol. The third-order valence-corrected chi connectivity index (χ3v) is 12.6. The number of methoxy groups -OCH3 is 1. The first-order valence-corrected chi connectivity index (χ1v) is 12.9. The summed E-state index contributed by atoms with van der Waals surface area (Å²) in [7, 11) is 1.63. The monoisotopic (exact) mass is 419 g/mol. The van der Waals surface area contributed by atoms with E-state index in [2.05, 4.69) is 83.8 Å². The summed E-state index contributed by atoms with van der Waals surface area (Å²) in [6, 6.07) is 35.4. The van der Waals surface area contributed by atoms with Crippen molar-refractivity contribution in [2.24, 2.45) is 0 Å². The van der Waals surface area contributed by atoms with Crippen molar-refractivity contribution in [1.29, 1.82) is 0 Å². The van der Waals surface area contributed by atoms with E-state index in [0.717, 1.165) is 21.5 Å². The number of aromatic nitrogens is 1. The zero-order chi connectivity index (χ0) is 20.2. The van der Waals surface area contributed by atoms with Crippen LogP contribution in [0.1, 0.15) is 5.56 Å². The van der Waals surface area contributed by atoms with Crippen LogP contribution in [-0.4, -0.2) is 12.1 Å². The number of benzene rings is 3. The molecule has 0 bridgehead atoms. The van der Waals surface area contributed by atoms with Gasteiger partial charge in [0.05, 0.1) is 0 Å². The second kappa shape index (κ2) is 7.99. The second-order valence-corrected chi connectivity index (χ2v) is 13.5. The molecule has 0 aliphatic rings. The van der Waals surface area contributed by atoms with E-state index in [1.54, 1.807) is 7.11 Å². The number of hydrogen-bond donors (Lipinski definition) is 0. The van der Waals surface area contributed by atoms with Crippen LogP contribution in [0.2, 0.25) is 0 Å². The van der Waals surface area contributed by atoms with Gasteiger partial charge in [0.15, 0.2) is 0 Å². The van der Waals surface area contributed by atoms with E-state index in [0.29, 0.717) is 12.0 Å². The number of rotatable bonds is 6. The number of nitrogens with zero attached hydrogens (tertiary/aromatic N) is 1. The van der Waals surface area contributed by atoms with Crippen molar-refractivity contribution in [3.8, 4) is 5.88 Å². The molecular weight excluding hydrogens is 397 g/mol. The predicted molar refractivity (Wildman–Crippen MR) is 125 cm³/mol. The van der Waals surface area contributed by atoms with Crippen LogP contribution in [-0.2, 0) is 6.16 Å². The van der Waals surface area contributed by atoms with Gasteiger partial charge in [-0.25, -0.2) is 0 Å². The van der Waals surface area contributed by atoms with Crippen molar-refractivity contribution in [3.63, 3.8) is 0 Å². The molecule has 0 N–H and O–H groups in total. The van der Waals surface area contributed by atoms with Gasteiger partial charge in [-0.1, -0.05) is 0 Å². The third-order valence-electron chi connectivity index (χ3n) is 5.37. The fraction of sp³-hybridized carbons (Fsp3) is 0.0800. The van der Waals surface area contributed by atoms with Gasteiger partial charge >= 0.3 is 177 Å². The van der Waals surface area contributed by atoms with Gasteiger partial charge in [0, 0.05) is 0 Å². The Morgan fingerprint density at radius 1 is 0.690 bits per heavy atom. The molecule has 1 heterocycles. The van der Waals surface area contributed by atoms with Crippen LogP contribution in [0.3, 0.4) is 0 Å². The molecule has 0 radical (unpaired) electrons. The fourth-order valence-electron chi connectivity index (χ4n) is 3.91. The molecular formula is C25H23ClNOP. The quantitative estimate of drug-likeness (QED) is 0.397. The molecule has 0 atom stereocenters. The Morgan fingerprint density at radius 3 is 1.48 bits per heavy atom. The minimum atomic E-state index is -3.32. The Bertz CT molecular complexity index is 971. The summed E-state index contributed by atoms with van der Waals surface area (Å²) in [5.41, 5.74) is 1.08. The molecule has 0 saturated heterocycles. The molecule has 0 aliphatic carbocycles. The molecule has 4 rings (SSSR count). The van der Waals surface area contributed by atoms with Crippen molar-refractivity contribution in [2.75, 3.05) is 7.11 Å². The van der Waals surface area contributed by atoms with E-state index in [1.807, 2.05) is 30.5 Å². The Labute approximate surface area is 176 Å². The number of pyridine rings is 1. The molecule has 0 aliphatic heterocycles. The first-order chi connectivity index (χ1) is 14.1. The molecule has 0 saturated carbocycles. The molecule has 0 spiro atoms. The average Bonchev–Trinajstić information content (AvgIpc) is 2.81. The molecule has 2 nitrogen and oxygen atoms in total. The first kappa shape index (κ1) is 19.6. The molecule has 0 fully saturated rings. The molecule has 0 amide bonds. The van der Waals surface area contributed by atoms with Crippen molar-refractivity contribution in [2.45, 2.75) is 6.16 Å². The molecule has 0 unspecified atom stereocenters. The molecule has 29 heavy (non-hydrogen) atoms. The number of ether oxygens (including phenoxy) is 1. The summed E-state index contributed by atoms with van der Waals surface area (Å²) in [4.78, 5) is 4.43. The Kier molecular flexibility index (Phi) is 5.41. The fourth-order valence-corrected chi connectivity index (χ4v) is 10.0. The van der Waals surface area contributed by atoms with E-state index in [-0.39, 0.29) is 0 Å². The molecule has 3 aromatic carbocycles. The van der Waals surface area contributed by atoms with E-state index >= 15 is 0 Å². The van der Waals surface area contributed by atoms with Gasteiger partial charge in [-0.2, -0.15) is 0 Å². The SMILES string of the molecule is COc1ccc(CP(Cl)(c2ccccc2)(c2ccccc2)c2ccccc2)cn1. The van der Waals surface area contributed by atoms with Crippen molar-refractivity contribution in [1.82, 2.24) is 4.98 Å². The summed E-state index contributed by atoms with van der Waals surface area (Å²) in [6.45, 7) is 0. The van der Waals surface area contributed by atoms with Crippen LogP contribution in [0.5, 0.6) is 5.88 Å². The summed E-state index contributed by atoms with van der Waals surface area (Å²) in [6.07, 6.45) is 2.54. The summed E-state index contributed by atoms with van der Waals surface area (Å²) < 4.78 is 5.24. The number of hydrogen-bond acceptors (Lipinski definition) is 2. The third kappa shape index (κ3) is 3.44. The van der Waals surface area contributed by atoms with Crippen molar-refractivity contribution in [3.05, 3.63) is 115 Å². The van der Waals surface area contributed by atoms with Crippen LogP contribution in [0.25, 0.3) is 0 Å². The van der Waals surface area contributed by atoms with E-state index < -0.39 is 5.96 Å². The van der Waals surface area contributed by atoms with Gasteiger partial charge in [-0.05, 0) is 0 Å². The number of halogens is 1. The van der Waals surface area contributed by atoms with E-state index in [1.165, 1.54) is 0 Å². The zero-order valence-corrected chi connectivity index (χ0v) is 17.9. The van der Waals surface area contributed by atoms with Gasteiger partial charge < -0.3 is 0 Å². The van der Waals surface area contributed by atoms with Crippen LogP contribution in [0, 0.1) is 0 Å². The van der Waals surface area contributed by atoms with Crippen LogP contribution in [0.4, 0.5) is 0 Å². The van der Waals surface area contributed by atoms with Gasteiger partial charge in [0.1, 0.15) is 0 Å². The first-order valence-electron chi connectivity index (χ1n) is 9.54. The summed E-state index contributed by atoms with van der Waals surface area (Å²) in [5, 5.41) is 3.44. The van der Waals surface area contributed by atoms with Crippen molar-refractivity contribution >= 4 is 33.1 Å². The van der Waals surface area contributed by atoms with Crippen molar-refractivity contribution < 1.29 is 4.74 Å². The Hall–Kier alpha value is -2.67. The predicted octanol–water partition coefficient (Wildman–Crippen LogP) is 5.27. The molecule has 4 heteroatoms. The van der Waals surface area contributed by atoms with Crippen LogP contribution in [0.15, 0.2) is 109 Å². The standard InChI is InChI=1S/C25H23ClNOP/c1-28-25-18-17-21(19-27-25)20-29(26,22-11-5-2-6-12-22,23-13-7-3-8-14-23)24-15-9-4-10-16-24/h2-19H,20H2,1H3. The minimum absolute atomic E-state index is 0.600. The maximum absolute atomic E-state index is 8.05. The summed E-state index contributed by atoms with van der Waals surface area (Å²) in [5.74, 6) is -2.72. The van der Waals surface area contributed by atoms with Crippen LogP contribution < -0.4 is 20.7 Å². The van der Waals surface area contributed by atoms with Gasteiger partial charge in [-0.3, -0.25) is 0 Å². The Balaban J connectivity index is 2.03. The Morgan fingerprint density at radius 2 is 1.14 bits per heavy atom. The second-order valence-electron chi connectivity index (χ2n) is 7.06. The van der Waals surface area contributed by atoms with E-state index in [9.17, 15) is 0 Å². The van der Waals surface area contributed by atoms with Gasteiger partial charge in [-0.15, -0.1) is 0 Å². The van der Waals surface area contributed by atoms with Gasteiger partial charge in [0.25, 0.3) is 0 Å². The maximum atomic E-state index is 8.05. The normalized spacial score (nSPS) is 12.7. The van der Waals surface area contributed by atoms with E-state index in [4.69, 9.17) is 16.0 Å². The molecule has 4 aromatic rings. The van der Waals surface area contributed by atoms with Gasteiger partial charge in [0.2, 0.25) is 0 Å². The summed E-state index contributed by atoms with van der Waals surface area (Å²) >= 11 is 8.05. The van der Waals surface area contributed by atoms with Crippen LogP contribution >= 0.6 is 17.2 Å². The topological polar surface area (TPSA) is 22.1 Å². The molecule has 146 valence electrons. The zero-order valence-electron chi connectivity index (χ0n) is 16.3. The molecule has 1 aromatic heterocycles.